The van der Waals surface area contributed by atoms with Crippen LogP contribution in [0.5, 0.6) is 0 Å². The Kier molecular flexibility index (Phi) is 3.61. The second-order valence-electron chi connectivity index (χ2n) is 3.32. The molecule has 0 saturated carbocycles. The van der Waals surface area contributed by atoms with Crippen LogP contribution in [0.25, 0.3) is 0 Å². The van der Waals surface area contributed by atoms with Gasteiger partial charge in [-0.3, -0.25) is 4.79 Å². The van der Waals surface area contributed by atoms with Crippen LogP contribution in [-0.2, 0) is 17.6 Å². The molecule has 0 unspecified atom stereocenters. The summed E-state index contributed by atoms with van der Waals surface area (Å²) in [4.78, 5) is 21.7. The summed E-state index contributed by atoms with van der Waals surface area (Å²) in [5, 5.41) is 8.58. The van der Waals surface area contributed by atoms with Gasteiger partial charge in [0.2, 0.25) is 0 Å². The number of hydrogen-bond acceptors (Lipinski definition) is 2. The molecule has 1 aromatic carbocycles. The number of carbonyl (C=O) groups excluding carboxylic acids is 1. The van der Waals surface area contributed by atoms with E-state index in [0.29, 0.717) is 0 Å². The summed E-state index contributed by atoms with van der Waals surface area (Å²) in [6.07, 6.45) is 1.70. The van der Waals surface area contributed by atoms with Gasteiger partial charge in [-0.2, -0.15) is 0 Å². The molecule has 0 aliphatic carbocycles. The van der Waals surface area contributed by atoms with Crippen molar-refractivity contribution >= 4 is 11.8 Å². The van der Waals surface area contributed by atoms with Gasteiger partial charge in [0.15, 0.2) is 0 Å². The highest BCUT2D eigenvalue weighted by Gasteiger charge is 2.15. The molecule has 1 rings (SSSR count). The third-order valence-corrected chi connectivity index (χ3v) is 2.42. The van der Waals surface area contributed by atoms with Crippen molar-refractivity contribution in [2.45, 2.75) is 26.7 Å². The second kappa shape index (κ2) is 4.73. The summed E-state index contributed by atoms with van der Waals surface area (Å²) in [7, 11) is 0. The van der Waals surface area contributed by atoms with E-state index >= 15 is 0 Å². The van der Waals surface area contributed by atoms with Gasteiger partial charge in [-0.25, -0.2) is 4.79 Å². The SMILES string of the molecule is CCc1ccc(C(=O)C(=O)O)cc1CC. The highest BCUT2D eigenvalue weighted by atomic mass is 16.4. The molecule has 1 N–H and O–H groups in total. The number of benzene rings is 1. The molecule has 0 aliphatic rings. The Labute approximate surface area is 88.7 Å². The van der Waals surface area contributed by atoms with Crippen molar-refractivity contribution < 1.29 is 14.7 Å². The molecule has 0 atom stereocenters. The van der Waals surface area contributed by atoms with Crippen LogP contribution in [0.3, 0.4) is 0 Å². The molecule has 0 saturated heterocycles. The van der Waals surface area contributed by atoms with Gasteiger partial charge in [0, 0.05) is 5.56 Å². The quantitative estimate of drug-likeness (QED) is 0.606. The first-order chi connectivity index (χ1) is 7.10. The van der Waals surface area contributed by atoms with Crippen LogP contribution in [-0.4, -0.2) is 16.9 Å². The van der Waals surface area contributed by atoms with Crippen LogP contribution < -0.4 is 0 Å². The fourth-order valence-electron chi connectivity index (χ4n) is 1.56. The molecule has 3 nitrogen and oxygen atoms in total. The van der Waals surface area contributed by atoms with E-state index < -0.39 is 11.8 Å². The lowest BCUT2D eigenvalue weighted by Crippen LogP contribution is -2.13. The van der Waals surface area contributed by atoms with Crippen LogP contribution in [0.1, 0.15) is 35.3 Å². The zero-order valence-corrected chi connectivity index (χ0v) is 8.91. The van der Waals surface area contributed by atoms with Crippen molar-refractivity contribution in [1.82, 2.24) is 0 Å². The number of hydrogen-bond donors (Lipinski definition) is 1. The predicted molar refractivity (Wildman–Crippen MR) is 57.2 cm³/mol. The maximum Gasteiger partial charge on any atom is 0.377 e. The lowest BCUT2D eigenvalue weighted by molar-refractivity contribution is -0.131. The smallest absolute Gasteiger partial charge is 0.377 e. The number of aliphatic carboxylic acids is 1. The van der Waals surface area contributed by atoms with Crippen molar-refractivity contribution in [2.75, 3.05) is 0 Å². The van der Waals surface area contributed by atoms with Gasteiger partial charge in [-0.05, 0) is 30.0 Å². The fraction of sp³-hybridized carbons (Fsp3) is 0.333. The van der Waals surface area contributed by atoms with Crippen LogP contribution in [0.15, 0.2) is 18.2 Å². The lowest BCUT2D eigenvalue weighted by Gasteiger charge is -2.06. The maximum absolute atomic E-state index is 11.2. The second-order valence-corrected chi connectivity index (χ2v) is 3.32. The summed E-state index contributed by atoms with van der Waals surface area (Å²) < 4.78 is 0. The Bertz CT molecular complexity index is 394. The lowest BCUT2D eigenvalue weighted by atomic mass is 9.98. The van der Waals surface area contributed by atoms with Gasteiger partial charge in [-0.1, -0.05) is 26.0 Å². The molecule has 1 aromatic rings. The molecule has 3 heteroatoms. The number of carboxylic acids is 1. The molecular weight excluding hydrogens is 192 g/mol. The van der Waals surface area contributed by atoms with E-state index in [0.717, 1.165) is 18.4 Å². The number of carbonyl (C=O) groups is 2. The molecule has 0 amide bonds. The largest absolute Gasteiger partial charge is 0.475 e. The Balaban J connectivity index is 3.13. The Morgan fingerprint density at radius 1 is 1.13 bits per heavy atom. The normalized spacial score (nSPS) is 10.0. The standard InChI is InChI=1S/C12H14O3/c1-3-8-5-6-10(7-9(8)4-2)11(13)12(14)15/h5-7H,3-4H2,1-2H3,(H,14,15). The van der Waals surface area contributed by atoms with Crippen LogP contribution >= 0.6 is 0 Å². The average Bonchev–Trinajstić information content (AvgIpc) is 2.26. The highest BCUT2D eigenvalue weighted by Crippen LogP contribution is 2.14. The highest BCUT2D eigenvalue weighted by molar-refractivity contribution is 6.39. The van der Waals surface area contributed by atoms with Gasteiger partial charge in [0.1, 0.15) is 0 Å². The molecule has 0 bridgehead atoms. The molecular formula is C12H14O3. The maximum atomic E-state index is 11.2. The van der Waals surface area contributed by atoms with Crippen molar-refractivity contribution in [2.24, 2.45) is 0 Å². The summed E-state index contributed by atoms with van der Waals surface area (Å²) in [6, 6.07) is 5.08. The minimum Gasteiger partial charge on any atom is -0.475 e. The van der Waals surface area contributed by atoms with Crippen LogP contribution in [0, 0.1) is 0 Å². The van der Waals surface area contributed by atoms with Crippen molar-refractivity contribution in [3.05, 3.63) is 34.9 Å². The predicted octanol–water partition coefficient (Wildman–Crippen LogP) is 2.08. The minimum absolute atomic E-state index is 0.261. The van der Waals surface area contributed by atoms with Gasteiger partial charge in [0.25, 0.3) is 5.78 Å². The van der Waals surface area contributed by atoms with Crippen molar-refractivity contribution in [1.29, 1.82) is 0 Å². The van der Waals surface area contributed by atoms with Gasteiger partial charge in [-0.15, -0.1) is 0 Å². The molecule has 15 heavy (non-hydrogen) atoms. The van der Waals surface area contributed by atoms with Crippen molar-refractivity contribution in [3.8, 4) is 0 Å². The number of ketones is 1. The topological polar surface area (TPSA) is 54.4 Å². The van der Waals surface area contributed by atoms with Gasteiger partial charge >= 0.3 is 5.97 Å². The first kappa shape index (κ1) is 11.4. The number of rotatable bonds is 4. The van der Waals surface area contributed by atoms with E-state index in [4.69, 9.17) is 5.11 Å². The zero-order chi connectivity index (χ0) is 11.4. The molecule has 0 fully saturated rings. The summed E-state index contributed by atoms with van der Waals surface area (Å²) >= 11 is 0. The first-order valence-electron chi connectivity index (χ1n) is 4.99. The summed E-state index contributed by atoms with van der Waals surface area (Å²) in [6.45, 7) is 4.02. The molecule has 80 valence electrons. The van der Waals surface area contributed by atoms with Crippen LogP contribution in [0.4, 0.5) is 0 Å². The first-order valence-corrected chi connectivity index (χ1v) is 4.99. The molecule has 0 aromatic heterocycles. The molecule has 0 heterocycles. The van der Waals surface area contributed by atoms with E-state index in [1.54, 1.807) is 12.1 Å². The van der Waals surface area contributed by atoms with Crippen molar-refractivity contribution in [3.63, 3.8) is 0 Å². The van der Waals surface area contributed by atoms with E-state index in [9.17, 15) is 9.59 Å². The summed E-state index contributed by atoms with van der Waals surface area (Å²) in [5.74, 6) is -2.24. The molecule has 0 spiro atoms. The zero-order valence-electron chi connectivity index (χ0n) is 8.91. The fourth-order valence-corrected chi connectivity index (χ4v) is 1.56. The summed E-state index contributed by atoms with van der Waals surface area (Å²) in [5.41, 5.74) is 2.47. The molecule has 0 radical (unpaired) electrons. The minimum atomic E-state index is -1.40. The number of aryl methyl sites for hydroxylation is 2. The third-order valence-electron chi connectivity index (χ3n) is 2.42. The third kappa shape index (κ3) is 2.43. The molecule has 0 aliphatic heterocycles. The Hall–Kier alpha value is -1.64. The Morgan fingerprint density at radius 3 is 2.20 bits per heavy atom. The Morgan fingerprint density at radius 2 is 1.73 bits per heavy atom. The van der Waals surface area contributed by atoms with E-state index in [1.807, 2.05) is 19.9 Å². The van der Waals surface area contributed by atoms with Gasteiger partial charge < -0.3 is 5.11 Å². The monoisotopic (exact) mass is 206 g/mol. The van der Waals surface area contributed by atoms with Crippen LogP contribution in [0.2, 0.25) is 0 Å². The van der Waals surface area contributed by atoms with E-state index in [2.05, 4.69) is 0 Å². The van der Waals surface area contributed by atoms with E-state index in [1.165, 1.54) is 5.56 Å². The number of Topliss-reactive ketones (excluding diaryl/α,β-unsaturated/α-hetero) is 1. The average molecular weight is 206 g/mol. The van der Waals surface area contributed by atoms with E-state index in [-0.39, 0.29) is 5.56 Å². The van der Waals surface area contributed by atoms with Gasteiger partial charge in [0.05, 0.1) is 0 Å². The number of carboxylic acid groups (broad SMARTS) is 1.